The third-order valence-electron chi connectivity index (χ3n) is 4.41. The van der Waals surface area contributed by atoms with Gasteiger partial charge in [-0.3, -0.25) is 4.79 Å². The maximum absolute atomic E-state index is 12.5. The predicted octanol–water partition coefficient (Wildman–Crippen LogP) is 2.90. The smallest absolute Gasteiger partial charge is 0.409 e. The van der Waals surface area contributed by atoms with Crippen LogP contribution in [0, 0.1) is 5.92 Å². The molecule has 0 saturated carbocycles. The fourth-order valence-electron chi connectivity index (χ4n) is 3.16. The van der Waals surface area contributed by atoms with E-state index in [2.05, 4.69) is 0 Å². The largest absolute Gasteiger partial charge is 0.497 e. The first kappa shape index (κ1) is 16.6. The van der Waals surface area contributed by atoms with Gasteiger partial charge in [0.15, 0.2) is 5.78 Å². The Hall–Kier alpha value is -2.24. The summed E-state index contributed by atoms with van der Waals surface area (Å²) in [6.07, 6.45) is 0.555. The summed E-state index contributed by atoms with van der Waals surface area (Å²) in [4.78, 5) is 26.3. The van der Waals surface area contributed by atoms with Crippen molar-refractivity contribution in [3.63, 3.8) is 0 Å². The van der Waals surface area contributed by atoms with Crippen LogP contribution in [0.3, 0.4) is 0 Å². The minimum absolute atomic E-state index is 0.0209. The van der Waals surface area contributed by atoms with E-state index in [-0.39, 0.29) is 18.3 Å². The molecular weight excluding hydrogens is 310 g/mol. The van der Waals surface area contributed by atoms with Crippen LogP contribution in [0.2, 0.25) is 0 Å². The van der Waals surface area contributed by atoms with Crippen LogP contribution in [0.25, 0.3) is 0 Å². The molecule has 24 heavy (non-hydrogen) atoms. The average Bonchev–Trinajstić information content (AvgIpc) is 2.95. The third-order valence-corrected chi connectivity index (χ3v) is 4.41. The first-order valence-corrected chi connectivity index (χ1v) is 8.24. The second kappa shape index (κ2) is 6.34. The summed E-state index contributed by atoms with van der Waals surface area (Å²) in [5, 5.41) is 0. The van der Waals surface area contributed by atoms with E-state index in [9.17, 15) is 9.59 Å². The molecule has 0 bridgehead atoms. The predicted molar refractivity (Wildman–Crippen MR) is 87.7 cm³/mol. The van der Waals surface area contributed by atoms with Crippen LogP contribution in [-0.2, 0) is 4.74 Å². The van der Waals surface area contributed by atoms with Crippen LogP contribution in [0.5, 0.6) is 11.5 Å². The Kier molecular flexibility index (Phi) is 4.39. The molecule has 130 valence electrons. The zero-order valence-corrected chi connectivity index (χ0v) is 14.3. The van der Waals surface area contributed by atoms with Crippen LogP contribution in [0.1, 0.15) is 37.0 Å². The molecule has 1 fully saturated rings. The molecule has 6 nitrogen and oxygen atoms in total. The molecule has 1 spiro atoms. The molecule has 1 unspecified atom stereocenters. The minimum Gasteiger partial charge on any atom is -0.497 e. The van der Waals surface area contributed by atoms with Crippen molar-refractivity contribution in [1.82, 2.24) is 4.90 Å². The summed E-state index contributed by atoms with van der Waals surface area (Å²) in [7, 11) is 1.56. The highest BCUT2D eigenvalue weighted by Gasteiger charge is 2.47. The van der Waals surface area contributed by atoms with Gasteiger partial charge in [0.25, 0.3) is 0 Å². The Morgan fingerprint density at radius 1 is 1.42 bits per heavy atom. The molecule has 1 aromatic carbocycles. The van der Waals surface area contributed by atoms with Gasteiger partial charge < -0.3 is 19.1 Å². The second-order valence-electron chi connectivity index (χ2n) is 6.89. The number of fused-ring (bicyclic) bond motifs is 1. The number of benzene rings is 1. The van der Waals surface area contributed by atoms with Crippen molar-refractivity contribution in [3.8, 4) is 11.5 Å². The van der Waals surface area contributed by atoms with Gasteiger partial charge in [-0.25, -0.2) is 4.79 Å². The number of hydrogen-bond acceptors (Lipinski definition) is 5. The topological polar surface area (TPSA) is 65.1 Å². The zero-order chi connectivity index (χ0) is 17.3. The second-order valence-corrected chi connectivity index (χ2v) is 6.89. The lowest BCUT2D eigenvalue weighted by atomic mass is 9.89. The number of ketones is 1. The number of amides is 1. The van der Waals surface area contributed by atoms with E-state index < -0.39 is 5.60 Å². The van der Waals surface area contributed by atoms with Gasteiger partial charge >= 0.3 is 6.09 Å². The minimum atomic E-state index is -0.643. The Bertz CT molecular complexity index is 657. The summed E-state index contributed by atoms with van der Waals surface area (Å²) in [6.45, 7) is 5.29. The molecule has 2 aliphatic rings. The van der Waals surface area contributed by atoms with E-state index in [4.69, 9.17) is 14.2 Å². The van der Waals surface area contributed by atoms with Crippen molar-refractivity contribution in [2.45, 2.75) is 32.3 Å². The van der Waals surface area contributed by atoms with E-state index in [1.807, 2.05) is 13.8 Å². The Morgan fingerprint density at radius 2 is 2.21 bits per heavy atom. The Morgan fingerprint density at radius 3 is 2.92 bits per heavy atom. The zero-order valence-electron chi connectivity index (χ0n) is 14.3. The molecule has 6 heteroatoms. The molecule has 1 amide bonds. The van der Waals surface area contributed by atoms with E-state index in [1.54, 1.807) is 30.2 Å². The lowest BCUT2D eigenvalue weighted by Gasteiger charge is -2.34. The van der Waals surface area contributed by atoms with E-state index in [0.717, 1.165) is 0 Å². The Balaban J connectivity index is 1.72. The van der Waals surface area contributed by atoms with Gasteiger partial charge in [-0.1, -0.05) is 13.8 Å². The lowest BCUT2D eigenvalue weighted by Crippen LogP contribution is -2.45. The van der Waals surface area contributed by atoms with Gasteiger partial charge in [0.2, 0.25) is 0 Å². The molecule has 1 aromatic rings. The summed E-state index contributed by atoms with van der Waals surface area (Å²) in [5.41, 5.74) is -0.101. The van der Waals surface area contributed by atoms with Crippen molar-refractivity contribution >= 4 is 11.9 Å². The van der Waals surface area contributed by atoms with Gasteiger partial charge in [0.05, 0.1) is 32.2 Å². The fourth-order valence-corrected chi connectivity index (χ4v) is 3.16. The standard InChI is InChI=1S/C18H23NO5/c1-12(2)10-23-17(21)19-7-6-18(11-19)9-15(20)14-8-13(22-3)4-5-16(14)24-18/h4-5,8,12H,6-7,9-11H2,1-3H3. The molecule has 0 aliphatic carbocycles. The number of nitrogens with zero attached hydrogens (tertiary/aromatic N) is 1. The van der Waals surface area contributed by atoms with Crippen molar-refractivity contribution in [2.75, 3.05) is 26.8 Å². The van der Waals surface area contributed by atoms with Crippen LogP contribution in [-0.4, -0.2) is 49.2 Å². The number of hydrogen-bond donors (Lipinski definition) is 0. The maximum Gasteiger partial charge on any atom is 0.409 e. The first-order valence-electron chi connectivity index (χ1n) is 8.24. The quantitative estimate of drug-likeness (QED) is 0.851. The molecule has 1 atom stereocenters. The molecule has 0 N–H and O–H groups in total. The van der Waals surface area contributed by atoms with Crippen LogP contribution >= 0.6 is 0 Å². The third kappa shape index (κ3) is 3.18. The van der Waals surface area contributed by atoms with Crippen molar-refractivity contribution in [2.24, 2.45) is 5.92 Å². The summed E-state index contributed by atoms with van der Waals surface area (Å²) >= 11 is 0. The van der Waals surface area contributed by atoms with Crippen molar-refractivity contribution < 1.29 is 23.8 Å². The number of carbonyl (C=O) groups is 2. The number of methoxy groups -OCH3 is 1. The highest BCUT2D eigenvalue weighted by atomic mass is 16.6. The molecular formula is C18H23NO5. The molecule has 1 saturated heterocycles. The van der Waals surface area contributed by atoms with Gasteiger partial charge in [-0.15, -0.1) is 0 Å². The van der Waals surface area contributed by atoms with Crippen molar-refractivity contribution in [3.05, 3.63) is 23.8 Å². The van der Waals surface area contributed by atoms with Crippen LogP contribution in [0.4, 0.5) is 4.79 Å². The highest BCUT2D eigenvalue weighted by Crippen LogP contribution is 2.40. The SMILES string of the molecule is COc1ccc2c(c1)C(=O)CC1(CCN(C(=O)OCC(C)C)C1)O2. The number of likely N-dealkylation sites (tertiary alicyclic amines) is 1. The Labute approximate surface area is 141 Å². The van der Waals surface area contributed by atoms with Gasteiger partial charge in [0.1, 0.15) is 17.1 Å². The van der Waals surface area contributed by atoms with Gasteiger partial charge in [-0.2, -0.15) is 0 Å². The van der Waals surface area contributed by atoms with Crippen LogP contribution < -0.4 is 9.47 Å². The van der Waals surface area contributed by atoms with E-state index >= 15 is 0 Å². The maximum atomic E-state index is 12.5. The fraction of sp³-hybridized carbons (Fsp3) is 0.556. The monoisotopic (exact) mass is 333 g/mol. The summed E-state index contributed by atoms with van der Waals surface area (Å²) in [5.74, 6) is 1.50. The van der Waals surface area contributed by atoms with E-state index in [0.29, 0.717) is 49.1 Å². The molecule has 2 aliphatic heterocycles. The molecule has 2 heterocycles. The molecule has 0 aromatic heterocycles. The number of carbonyl (C=O) groups excluding carboxylic acids is 2. The van der Waals surface area contributed by atoms with E-state index in [1.165, 1.54) is 0 Å². The van der Waals surface area contributed by atoms with Gasteiger partial charge in [-0.05, 0) is 24.1 Å². The lowest BCUT2D eigenvalue weighted by molar-refractivity contribution is 0.0419. The number of Topliss-reactive ketones (excluding diaryl/α,β-unsaturated/α-hetero) is 1. The highest BCUT2D eigenvalue weighted by molar-refractivity contribution is 6.00. The van der Waals surface area contributed by atoms with Crippen LogP contribution in [0.15, 0.2) is 18.2 Å². The summed E-state index contributed by atoms with van der Waals surface area (Å²) < 4.78 is 16.6. The first-order chi connectivity index (χ1) is 11.4. The average molecular weight is 333 g/mol. The van der Waals surface area contributed by atoms with Gasteiger partial charge in [0, 0.05) is 13.0 Å². The number of ether oxygens (including phenoxy) is 3. The number of rotatable bonds is 3. The molecule has 0 radical (unpaired) electrons. The molecule has 3 rings (SSSR count). The van der Waals surface area contributed by atoms with Crippen molar-refractivity contribution in [1.29, 1.82) is 0 Å². The summed E-state index contributed by atoms with van der Waals surface area (Å²) in [6, 6.07) is 5.23. The normalized spacial score (nSPS) is 22.5.